The zero-order valence-electron chi connectivity index (χ0n) is 16.8. The molecule has 0 spiro atoms. The van der Waals surface area contributed by atoms with E-state index in [9.17, 15) is 0 Å². The van der Waals surface area contributed by atoms with E-state index in [4.69, 9.17) is 9.47 Å². The molecule has 0 aliphatic rings. The van der Waals surface area contributed by atoms with Gasteiger partial charge in [0.1, 0.15) is 0 Å². The lowest BCUT2D eigenvalue weighted by Crippen LogP contribution is -2.48. The van der Waals surface area contributed by atoms with E-state index in [1.807, 2.05) is 0 Å². The molecular formula is C20H42O2. The number of rotatable bonds is 10. The average Bonchev–Trinajstić information content (AvgIpc) is 2.27. The molecule has 0 heterocycles. The quantitative estimate of drug-likeness (QED) is 0.428. The summed E-state index contributed by atoms with van der Waals surface area (Å²) in [5, 5.41) is 0. The Morgan fingerprint density at radius 3 is 1.64 bits per heavy atom. The third-order valence-electron chi connectivity index (χ3n) is 3.66. The first kappa shape index (κ1) is 21.9. The van der Waals surface area contributed by atoms with E-state index >= 15 is 0 Å². The number of ether oxygens (including phenoxy) is 2. The Bertz CT molecular complexity index is 281. The third kappa shape index (κ3) is 11.5. The lowest BCUT2D eigenvalue weighted by Gasteiger charge is -2.42. The molecule has 1 atom stereocenters. The molecule has 0 saturated heterocycles. The van der Waals surface area contributed by atoms with Crippen molar-refractivity contribution < 1.29 is 9.47 Å². The van der Waals surface area contributed by atoms with Crippen LogP contribution >= 0.6 is 0 Å². The van der Waals surface area contributed by atoms with Gasteiger partial charge in [-0.15, -0.1) is 0 Å². The van der Waals surface area contributed by atoms with E-state index in [2.05, 4.69) is 62.3 Å². The maximum absolute atomic E-state index is 6.35. The summed E-state index contributed by atoms with van der Waals surface area (Å²) in [5.41, 5.74) is -0.551. The minimum atomic E-state index is -0.269. The van der Waals surface area contributed by atoms with Crippen LogP contribution in [0.5, 0.6) is 0 Å². The van der Waals surface area contributed by atoms with Crippen LogP contribution in [0.25, 0.3) is 0 Å². The van der Waals surface area contributed by atoms with Crippen molar-refractivity contribution in [3.63, 3.8) is 0 Å². The van der Waals surface area contributed by atoms with Gasteiger partial charge in [0.25, 0.3) is 0 Å². The van der Waals surface area contributed by atoms with E-state index in [0.29, 0.717) is 0 Å². The Morgan fingerprint density at radius 2 is 1.18 bits per heavy atom. The molecular weight excluding hydrogens is 272 g/mol. The molecule has 22 heavy (non-hydrogen) atoms. The molecule has 0 bridgehead atoms. The fourth-order valence-electron chi connectivity index (χ4n) is 2.94. The van der Waals surface area contributed by atoms with Gasteiger partial charge in [-0.3, -0.25) is 0 Å². The van der Waals surface area contributed by atoms with Crippen LogP contribution in [-0.4, -0.2) is 22.9 Å². The predicted molar refractivity (Wildman–Crippen MR) is 97.5 cm³/mol. The Kier molecular flexibility index (Phi) is 9.24. The molecule has 0 fully saturated rings. The summed E-state index contributed by atoms with van der Waals surface area (Å²) in [4.78, 5) is 0. The van der Waals surface area contributed by atoms with Crippen molar-refractivity contribution in [2.45, 2.75) is 130 Å². The van der Waals surface area contributed by atoms with E-state index in [0.717, 1.165) is 6.42 Å². The Balaban J connectivity index is 4.56. The second-order valence-corrected chi connectivity index (χ2v) is 9.09. The fraction of sp³-hybridized carbons (Fsp3) is 1.00. The van der Waals surface area contributed by atoms with Crippen LogP contribution < -0.4 is 0 Å². The molecule has 0 aromatic heterocycles. The van der Waals surface area contributed by atoms with Crippen molar-refractivity contribution in [2.24, 2.45) is 0 Å². The Labute approximate surface area is 140 Å². The van der Waals surface area contributed by atoms with Gasteiger partial charge in [0, 0.05) is 0 Å². The number of hydrogen-bond acceptors (Lipinski definition) is 2. The van der Waals surface area contributed by atoms with Crippen LogP contribution in [0.3, 0.4) is 0 Å². The number of unbranched alkanes of at least 4 members (excludes halogenated alkanes) is 5. The van der Waals surface area contributed by atoms with Crippen molar-refractivity contribution in [3.05, 3.63) is 0 Å². The predicted octanol–water partition coefficient (Wildman–Crippen LogP) is 6.51. The summed E-state index contributed by atoms with van der Waals surface area (Å²) in [6.45, 7) is 19.4. The smallest absolute Gasteiger partial charge is 0.0894 e. The molecule has 0 aliphatic carbocycles. The minimum Gasteiger partial charge on any atom is -0.370 e. The van der Waals surface area contributed by atoms with Crippen LogP contribution in [0.15, 0.2) is 0 Å². The molecule has 0 amide bonds. The lowest BCUT2D eigenvalue weighted by molar-refractivity contribution is -0.207. The summed E-state index contributed by atoms with van der Waals surface area (Å²) in [6, 6.07) is 0. The zero-order valence-corrected chi connectivity index (χ0v) is 16.8. The molecule has 2 nitrogen and oxygen atoms in total. The van der Waals surface area contributed by atoms with Gasteiger partial charge in [0.2, 0.25) is 0 Å². The van der Waals surface area contributed by atoms with E-state index in [1.165, 1.54) is 38.5 Å². The molecule has 0 aliphatic heterocycles. The molecule has 2 heteroatoms. The number of hydrogen-bond donors (Lipinski definition) is 0. The average molecular weight is 315 g/mol. The van der Waals surface area contributed by atoms with Gasteiger partial charge in [-0.05, 0) is 61.8 Å². The first-order chi connectivity index (χ1) is 9.87. The highest BCUT2D eigenvalue weighted by atomic mass is 16.6. The highest BCUT2D eigenvalue weighted by Gasteiger charge is 2.37. The van der Waals surface area contributed by atoms with Crippen molar-refractivity contribution >= 4 is 0 Å². The summed E-state index contributed by atoms with van der Waals surface area (Å²) in [7, 11) is 0. The van der Waals surface area contributed by atoms with E-state index < -0.39 is 0 Å². The fourth-order valence-corrected chi connectivity index (χ4v) is 2.94. The van der Waals surface area contributed by atoms with Crippen LogP contribution in [0.1, 0.15) is 107 Å². The summed E-state index contributed by atoms with van der Waals surface area (Å²) in [5.74, 6) is 0. The van der Waals surface area contributed by atoms with E-state index in [1.54, 1.807) is 0 Å². The monoisotopic (exact) mass is 314 g/mol. The van der Waals surface area contributed by atoms with Crippen molar-refractivity contribution in [3.8, 4) is 0 Å². The second kappa shape index (κ2) is 9.27. The van der Waals surface area contributed by atoms with Crippen LogP contribution in [-0.2, 0) is 9.47 Å². The van der Waals surface area contributed by atoms with Crippen LogP contribution in [0.4, 0.5) is 0 Å². The lowest BCUT2D eigenvalue weighted by atomic mass is 9.93. The van der Waals surface area contributed by atoms with Crippen molar-refractivity contribution in [1.82, 2.24) is 0 Å². The first-order valence-corrected chi connectivity index (χ1v) is 9.25. The summed E-state index contributed by atoms with van der Waals surface area (Å²) >= 11 is 0. The van der Waals surface area contributed by atoms with Gasteiger partial charge < -0.3 is 9.47 Å². The summed E-state index contributed by atoms with van der Waals surface area (Å²) in [6.07, 6.45) is 9.12. The summed E-state index contributed by atoms with van der Waals surface area (Å²) < 4.78 is 12.7. The maximum Gasteiger partial charge on any atom is 0.0894 e. The molecule has 0 saturated carbocycles. The van der Waals surface area contributed by atoms with Gasteiger partial charge in [-0.25, -0.2) is 0 Å². The van der Waals surface area contributed by atoms with Crippen molar-refractivity contribution in [2.75, 3.05) is 0 Å². The van der Waals surface area contributed by atoms with Gasteiger partial charge in [-0.1, -0.05) is 45.4 Å². The van der Waals surface area contributed by atoms with Crippen LogP contribution in [0.2, 0.25) is 0 Å². The van der Waals surface area contributed by atoms with Gasteiger partial charge >= 0.3 is 0 Å². The van der Waals surface area contributed by atoms with E-state index in [-0.39, 0.29) is 22.9 Å². The van der Waals surface area contributed by atoms with Crippen LogP contribution in [0, 0.1) is 0 Å². The molecule has 0 aromatic rings. The van der Waals surface area contributed by atoms with Gasteiger partial charge in [-0.2, -0.15) is 0 Å². The second-order valence-electron chi connectivity index (χ2n) is 9.09. The van der Waals surface area contributed by atoms with Gasteiger partial charge in [0.15, 0.2) is 0 Å². The SMILES string of the molecule is CCCCCCCCC(OC(C)(C)C)C(C)(C)OC(C)(C)C. The normalized spacial score (nSPS) is 15.1. The standard InChI is InChI=1S/C20H42O2/c1-10-11-12-13-14-15-16-17(21-18(2,3)4)20(8,9)22-19(5,6)7/h17H,10-16H2,1-9H3. The topological polar surface area (TPSA) is 18.5 Å². The maximum atomic E-state index is 6.35. The zero-order chi connectivity index (χ0) is 17.4. The Hall–Kier alpha value is -0.0800. The molecule has 134 valence electrons. The minimum absolute atomic E-state index is 0.134. The molecule has 0 aromatic carbocycles. The largest absolute Gasteiger partial charge is 0.370 e. The van der Waals surface area contributed by atoms with Crippen molar-refractivity contribution in [1.29, 1.82) is 0 Å². The molecule has 0 radical (unpaired) electrons. The molecule has 0 rings (SSSR count). The highest BCUT2D eigenvalue weighted by molar-refractivity contribution is 4.85. The third-order valence-corrected chi connectivity index (χ3v) is 3.66. The Morgan fingerprint density at radius 1 is 0.682 bits per heavy atom. The molecule has 0 N–H and O–H groups in total. The highest BCUT2D eigenvalue weighted by Crippen LogP contribution is 2.31. The van der Waals surface area contributed by atoms with Gasteiger partial charge in [0.05, 0.1) is 22.9 Å². The molecule has 1 unspecified atom stereocenters. The first-order valence-electron chi connectivity index (χ1n) is 9.25.